The summed E-state index contributed by atoms with van der Waals surface area (Å²) in [7, 11) is -9.54. The zero-order chi connectivity index (χ0) is 35.4. The first kappa shape index (κ1) is 47.6. The quantitative estimate of drug-likeness (QED) is 0.0760. The van der Waals surface area contributed by atoms with Crippen LogP contribution in [-0.4, -0.2) is 48.4 Å². The summed E-state index contributed by atoms with van der Waals surface area (Å²) in [6, 6.07) is 28.9. The van der Waals surface area contributed by atoms with E-state index in [0.717, 1.165) is -0.000499 Å². The van der Waals surface area contributed by atoms with Gasteiger partial charge in [-0.15, -0.1) is 0 Å². The van der Waals surface area contributed by atoms with Crippen LogP contribution in [0.4, 0.5) is 0 Å². The molecule has 0 aliphatic carbocycles. The van der Waals surface area contributed by atoms with Crippen LogP contribution in [0.15, 0.2) is 0 Å². The molecule has 0 rings (SSSR count). The van der Waals surface area contributed by atoms with Crippen LogP contribution < -0.4 is 0 Å². The molecular weight excluding hydrogens is 775 g/mol. The molecule has 0 bridgehead atoms. The van der Waals surface area contributed by atoms with Crippen molar-refractivity contribution < 1.29 is 36.3 Å². The normalized spacial score (nSPS) is 14.8. The Bertz CT molecular complexity index is 589. The Kier molecular flexibility index (Phi) is 21.2. The monoisotopic (exact) mass is 866 g/mol. The van der Waals surface area contributed by atoms with E-state index in [2.05, 4.69) is 125 Å². The van der Waals surface area contributed by atoms with Gasteiger partial charge in [0.25, 0.3) is 0 Å². The van der Waals surface area contributed by atoms with Crippen molar-refractivity contribution in [2.24, 2.45) is 0 Å². The third-order valence-electron chi connectivity index (χ3n) is 17.0. The van der Waals surface area contributed by atoms with Gasteiger partial charge in [-0.1, -0.05) is 0 Å². The zero-order valence-electron chi connectivity index (χ0n) is 35.1. The summed E-state index contributed by atoms with van der Waals surface area (Å²) < 4.78 is 1.85. The van der Waals surface area contributed by atoms with Gasteiger partial charge in [0.1, 0.15) is 0 Å². The second-order valence-electron chi connectivity index (χ2n) is 15.5. The molecule has 0 unspecified atom stereocenters. The topological polar surface area (TPSA) is 0 Å². The molecule has 0 amide bonds. The SMILES string of the molecule is CC[Si](CC)(CC)[C]([Sm][C]([Si](CC)(CC)CC)([Si](CC)(CC)CC)[Si](CC)(CC)CC)([Si](CC)(CC)CC)[Si](CC)(CC)CC. The first-order valence-corrected chi connectivity index (χ1v) is 39.3. The van der Waals surface area contributed by atoms with Crippen molar-refractivity contribution in [1.82, 2.24) is 0 Å². The molecule has 0 aliphatic heterocycles. The molecule has 45 heavy (non-hydrogen) atoms. The zero-order valence-corrected chi connectivity index (χ0v) is 43.8. The molecule has 0 atom stereocenters. The first-order valence-electron chi connectivity index (χ1n) is 21.0. The molecule has 0 spiro atoms. The molecule has 0 fully saturated rings. The van der Waals surface area contributed by atoms with Crippen LogP contribution in [0.3, 0.4) is 0 Å². The van der Waals surface area contributed by atoms with E-state index in [4.69, 9.17) is 0 Å². The van der Waals surface area contributed by atoms with Crippen LogP contribution in [0, 0.1) is 36.3 Å². The van der Waals surface area contributed by atoms with Gasteiger partial charge in [-0.2, -0.15) is 0 Å². The molecule has 0 heterocycles. The number of hydrogen-bond donors (Lipinski definition) is 0. The maximum atomic E-state index is 2.78. The van der Waals surface area contributed by atoms with Crippen molar-refractivity contribution in [3.05, 3.63) is 0 Å². The van der Waals surface area contributed by atoms with Crippen molar-refractivity contribution in [2.45, 2.75) is 233 Å². The Morgan fingerprint density at radius 3 is 0.378 bits per heavy atom. The Morgan fingerprint density at radius 1 is 0.222 bits per heavy atom. The second kappa shape index (κ2) is 20.0. The van der Waals surface area contributed by atoms with Gasteiger partial charge in [0, 0.05) is 0 Å². The summed E-state index contributed by atoms with van der Waals surface area (Å²) in [5.74, 6) is 0. The molecule has 0 aromatic rings. The summed E-state index contributed by atoms with van der Waals surface area (Å²) in [5, 5.41) is 0. The minimum absolute atomic E-state index is 0.872. The van der Waals surface area contributed by atoms with E-state index >= 15 is 0 Å². The van der Waals surface area contributed by atoms with Crippen molar-refractivity contribution in [1.29, 1.82) is 0 Å². The molecule has 0 N–H and O–H groups in total. The molecule has 0 radical (unpaired) electrons. The average molecular weight is 866 g/mol. The summed E-state index contributed by atoms with van der Waals surface area (Å²) in [6.07, 6.45) is 0. The summed E-state index contributed by atoms with van der Waals surface area (Å²) in [6.45, 7) is 50.1. The van der Waals surface area contributed by atoms with Gasteiger partial charge in [0.15, 0.2) is 0 Å². The molecule has 0 aromatic heterocycles. The Hall–Kier alpha value is 2.64. The van der Waals surface area contributed by atoms with E-state index < -0.39 is 84.7 Å². The predicted molar refractivity (Wildman–Crippen MR) is 229 cm³/mol. The van der Waals surface area contributed by atoms with Gasteiger partial charge in [-0.05, 0) is 0 Å². The fraction of sp³-hybridized carbons (Fsp3) is 1.00. The van der Waals surface area contributed by atoms with E-state index in [0.29, 0.717) is 0 Å². The van der Waals surface area contributed by atoms with Crippen LogP contribution in [0.5, 0.6) is 0 Å². The van der Waals surface area contributed by atoms with Gasteiger partial charge < -0.3 is 0 Å². The fourth-order valence-corrected chi connectivity index (χ4v) is 131. The summed E-state index contributed by atoms with van der Waals surface area (Å²) in [5.41, 5.74) is 0. The van der Waals surface area contributed by atoms with Crippen molar-refractivity contribution in [3.63, 3.8) is 0 Å². The van der Waals surface area contributed by atoms with Crippen LogP contribution in [-0.2, 0) is 0 Å². The van der Waals surface area contributed by atoms with E-state index in [1.54, 1.807) is 109 Å². The molecule has 0 saturated carbocycles. The van der Waals surface area contributed by atoms with Crippen molar-refractivity contribution >= 4 is 48.4 Å². The molecule has 0 aromatic carbocycles. The summed E-state index contributed by atoms with van der Waals surface area (Å²) >= 11 is -0.872. The predicted octanol–water partition coefficient (Wildman–Crippen LogP) is 15.7. The Labute approximate surface area is 314 Å². The van der Waals surface area contributed by atoms with E-state index in [1.165, 1.54) is 0 Å². The van der Waals surface area contributed by atoms with Crippen LogP contribution >= 0.6 is 0 Å². The maximum absolute atomic E-state index is 2.78. The van der Waals surface area contributed by atoms with E-state index in [1.807, 2.05) is 0 Å². The fourth-order valence-electron chi connectivity index (χ4n) is 13.2. The van der Waals surface area contributed by atoms with Crippen LogP contribution in [0.25, 0.3) is 0 Å². The van der Waals surface area contributed by atoms with Gasteiger partial charge in [-0.25, -0.2) is 0 Å². The second-order valence-corrected chi connectivity index (χ2v) is 63.3. The van der Waals surface area contributed by atoms with Gasteiger partial charge >= 0.3 is 318 Å². The number of rotatable bonds is 26. The van der Waals surface area contributed by atoms with Crippen molar-refractivity contribution in [2.75, 3.05) is 0 Å². The number of hydrogen-bond acceptors (Lipinski definition) is 0. The first-order chi connectivity index (χ1) is 21.3. The Morgan fingerprint density at radius 2 is 0.311 bits per heavy atom. The van der Waals surface area contributed by atoms with Gasteiger partial charge in [0.2, 0.25) is 0 Å². The molecule has 272 valence electrons. The van der Waals surface area contributed by atoms with Gasteiger partial charge in [-0.3, -0.25) is 0 Å². The van der Waals surface area contributed by atoms with Gasteiger partial charge in [0.05, 0.1) is 0 Å². The molecular formula is C38H90Si6Sm. The van der Waals surface area contributed by atoms with Crippen LogP contribution in [0.2, 0.25) is 109 Å². The molecule has 0 nitrogen and oxygen atoms in total. The third kappa shape index (κ3) is 6.83. The average Bonchev–Trinajstić information content (AvgIpc) is 3.10. The Balaban J connectivity index is 9.85. The molecule has 7 heteroatoms. The summed E-state index contributed by atoms with van der Waals surface area (Å²) in [4.78, 5) is 0. The molecule has 0 aliphatic rings. The van der Waals surface area contributed by atoms with Crippen LogP contribution in [0.1, 0.15) is 125 Å². The standard InChI is InChI=1S/2C19H45Si3.Sm/c2*1-10-20(11-2,12-3)19(21(13-4,14-5)15-6)22(16-7,17-8)18-9;/h2*10-18H2,1-9H3;. The van der Waals surface area contributed by atoms with E-state index in [9.17, 15) is 0 Å². The minimum atomic E-state index is -1.59. The van der Waals surface area contributed by atoms with E-state index in [-0.39, 0.29) is 0 Å². The third-order valence-corrected chi connectivity index (χ3v) is 101. The molecule has 0 saturated heterocycles. The van der Waals surface area contributed by atoms with Crippen molar-refractivity contribution in [3.8, 4) is 0 Å².